The van der Waals surface area contributed by atoms with Crippen molar-refractivity contribution in [3.8, 4) is 0 Å². The SMILES string of the molecule is Cc1c(Br)c2ccccc2n1CC(=O)NS(=O)(=O)c1ccc(F)c2ncccc12. The number of rotatable bonds is 4. The Morgan fingerprint density at radius 3 is 2.66 bits per heavy atom. The fourth-order valence-corrected chi connectivity index (χ4v) is 5.04. The molecule has 9 heteroatoms. The highest BCUT2D eigenvalue weighted by Crippen LogP contribution is 2.30. The van der Waals surface area contributed by atoms with E-state index < -0.39 is 21.7 Å². The summed E-state index contributed by atoms with van der Waals surface area (Å²) in [6.07, 6.45) is 1.37. The first kappa shape index (κ1) is 19.5. The number of para-hydroxylation sites is 1. The van der Waals surface area contributed by atoms with Gasteiger partial charge in [0.1, 0.15) is 17.9 Å². The van der Waals surface area contributed by atoms with Crippen LogP contribution in [0.2, 0.25) is 0 Å². The maximum Gasteiger partial charge on any atom is 0.264 e. The van der Waals surface area contributed by atoms with E-state index in [4.69, 9.17) is 0 Å². The number of amides is 1. The first-order chi connectivity index (χ1) is 13.8. The third kappa shape index (κ3) is 3.40. The standard InChI is InChI=1S/C20H15BrFN3O3S/c1-12-19(21)13-5-2-3-7-16(13)25(12)11-18(26)24-29(27,28)17-9-8-15(22)20-14(17)6-4-10-23-20/h2-10H,11H2,1H3,(H,24,26). The number of benzene rings is 2. The van der Waals surface area contributed by atoms with Crippen molar-refractivity contribution in [2.45, 2.75) is 18.4 Å². The Bertz CT molecular complexity index is 1380. The van der Waals surface area contributed by atoms with Crippen molar-refractivity contribution in [2.75, 3.05) is 0 Å². The number of aromatic nitrogens is 2. The number of carbonyl (C=O) groups excluding carboxylic acids is 1. The summed E-state index contributed by atoms with van der Waals surface area (Å²) in [5, 5.41) is 1.04. The Balaban J connectivity index is 1.68. The van der Waals surface area contributed by atoms with Crippen LogP contribution in [0.3, 0.4) is 0 Å². The van der Waals surface area contributed by atoms with Crippen molar-refractivity contribution in [1.82, 2.24) is 14.3 Å². The van der Waals surface area contributed by atoms with Gasteiger partial charge in [0, 0.05) is 32.7 Å². The fraction of sp³-hybridized carbons (Fsp3) is 0.100. The number of carbonyl (C=O) groups is 1. The molecule has 2 heterocycles. The molecule has 2 aromatic carbocycles. The summed E-state index contributed by atoms with van der Waals surface area (Å²) < 4.78 is 44.2. The van der Waals surface area contributed by atoms with Gasteiger partial charge < -0.3 is 4.57 Å². The lowest BCUT2D eigenvalue weighted by Gasteiger charge is -2.12. The Hall–Kier alpha value is -2.78. The number of hydrogen-bond acceptors (Lipinski definition) is 4. The fourth-order valence-electron chi connectivity index (χ4n) is 3.32. The van der Waals surface area contributed by atoms with Crippen molar-refractivity contribution in [3.63, 3.8) is 0 Å². The predicted octanol–water partition coefficient (Wildman–Crippen LogP) is 3.90. The van der Waals surface area contributed by atoms with Crippen LogP contribution in [0.15, 0.2) is 64.1 Å². The van der Waals surface area contributed by atoms with Crippen molar-refractivity contribution in [3.05, 3.63) is 70.7 Å². The number of fused-ring (bicyclic) bond motifs is 2. The summed E-state index contributed by atoms with van der Waals surface area (Å²) in [5.41, 5.74) is 1.54. The molecule has 4 rings (SSSR count). The van der Waals surface area contributed by atoms with Gasteiger partial charge in [0.25, 0.3) is 15.9 Å². The summed E-state index contributed by atoms with van der Waals surface area (Å²) in [4.78, 5) is 16.3. The van der Waals surface area contributed by atoms with E-state index in [0.29, 0.717) is 0 Å². The van der Waals surface area contributed by atoms with Gasteiger partial charge in [0.15, 0.2) is 0 Å². The molecule has 0 radical (unpaired) electrons. The molecule has 0 saturated heterocycles. The molecule has 0 saturated carbocycles. The van der Waals surface area contributed by atoms with Gasteiger partial charge in [-0.25, -0.2) is 17.5 Å². The van der Waals surface area contributed by atoms with Crippen LogP contribution >= 0.6 is 15.9 Å². The molecule has 0 atom stereocenters. The second-order valence-corrected chi connectivity index (χ2v) is 8.92. The normalized spacial score (nSPS) is 11.8. The van der Waals surface area contributed by atoms with Gasteiger partial charge in [-0.15, -0.1) is 0 Å². The van der Waals surface area contributed by atoms with Crippen LogP contribution in [0.25, 0.3) is 21.8 Å². The molecule has 1 amide bonds. The molecular weight excluding hydrogens is 461 g/mol. The van der Waals surface area contributed by atoms with Gasteiger partial charge in [0.2, 0.25) is 0 Å². The summed E-state index contributed by atoms with van der Waals surface area (Å²) in [6.45, 7) is 1.65. The molecule has 6 nitrogen and oxygen atoms in total. The molecule has 0 bridgehead atoms. The molecule has 0 aliphatic heterocycles. The molecule has 0 spiro atoms. The van der Waals surface area contributed by atoms with Crippen molar-refractivity contribution < 1.29 is 17.6 Å². The lowest BCUT2D eigenvalue weighted by atomic mass is 10.2. The van der Waals surface area contributed by atoms with Gasteiger partial charge in [-0.1, -0.05) is 18.2 Å². The second-order valence-electron chi connectivity index (χ2n) is 6.48. The number of sulfonamides is 1. The summed E-state index contributed by atoms with van der Waals surface area (Å²) in [5.74, 6) is -1.34. The Labute approximate surface area is 174 Å². The lowest BCUT2D eigenvalue weighted by molar-refractivity contribution is -0.119. The molecule has 0 unspecified atom stereocenters. The molecule has 148 valence electrons. The van der Waals surface area contributed by atoms with Crippen molar-refractivity contribution >= 4 is 53.7 Å². The number of nitrogens with zero attached hydrogens (tertiary/aromatic N) is 2. The highest BCUT2D eigenvalue weighted by atomic mass is 79.9. The first-order valence-corrected chi connectivity index (χ1v) is 10.9. The van der Waals surface area contributed by atoms with E-state index >= 15 is 0 Å². The maximum absolute atomic E-state index is 13.9. The molecule has 2 aromatic heterocycles. The number of hydrogen-bond donors (Lipinski definition) is 1. The summed E-state index contributed by atoms with van der Waals surface area (Å²) in [6, 6.07) is 12.6. The molecular formula is C20H15BrFN3O3S. The van der Waals surface area contributed by atoms with Crippen LogP contribution < -0.4 is 4.72 Å². The third-order valence-corrected chi connectivity index (χ3v) is 7.11. The van der Waals surface area contributed by atoms with E-state index in [9.17, 15) is 17.6 Å². The summed E-state index contributed by atoms with van der Waals surface area (Å²) in [7, 11) is -4.21. The van der Waals surface area contributed by atoms with Gasteiger partial charge in [-0.05, 0) is 53.2 Å². The van der Waals surface area contributed by atoms with Crippen LogP contribution in [0, 0.1) is 12.7 Å². The van der Waals surface area contributed by atoms with E-state index in [1.807, 2.05) is 31.2 Å². The average molecular weight is 476 g/mol. The Kier molecular flexibility index (Phi) is 4.87. The second kappa shape index (κ2) is 7.23. The molecule has 0 fully saturated rings. The lowest BCUT2D eigenvalue weighted by Crippen LogP contribution is -2.33. The van der Waals surface area contributed by atoms with Gasteiger partial charge >= 0.3 is 0 Å². The van der Waals surface area contributed by atoms with Crippen LogP contribution in [-0.2, 0) is 21.4 Å². The zero-order valence-electron chi connectivity index (χ0n) is 15.2. The van der Waals surface area contributed by atoms with Gasteiger partial charge in [-0.3, -0.25) is 9.78 Å². The Morgan fingerprint density at radius 1 is 1.14 bits per heavy atom. The molecule has 29 heavy (non-hydrogen) atoms. The zero-order valence-corrected chi connectivity index (χ0v) is 17.6. The third-order valence-electron chi connectivity index (χ3n) is 4.67. The van der Waals surface area contributed by atoms with E-state index in [2.05, 4.69) is 25.6 Å². The van der Waals surface area contributed by atoms with Crippen LogP contribution in [-0.4, -0.2) is 23.9 Å². The highest BCUT2D eigenvalue weighted by molar-refractivity contribution is 9.10. The van der Waals surface area contributed by atoms with Crippen LogP contribution in [0.5, 0.6) is 0 Å². The molecule has 0 aliphatic rings. The van der Waals surface area contributed by atoms with Gasteiger partial charge in [-0.2, -0.15) is 0 Å². The minimum Gasteiger partial charge on any atom is -0.334 e. The van der Waals surface area contributed by atoms with E-state index in [1.165, 1.54) is 18.3 Å². The van der Waals surface area contributed by atoms with Crippen molar-refractivity contribution in [1.29, 1.82) is 0 Å². The van der Waals surface area contributed by atoms with E-state index in [0.717, 1.165) is 33.2 Å². The molecule has 4 aromatic rings. The van der Waals surface area contributed by atoms with Gasteiger partial charge in [0.05, 0.1) is 4.90 Å². The average Bonchev–Trinajstić information content (AvgIpc) is 2.93. The number of nitrogens with one attached hydrogen (secondary N) is 1. The van der Waals surface area contributed by atoms with E-state index in [-0.39, 0.29) is 22.3 Å². The minimum atomic E-state index is -4.21. The Morgan fingerprint density at radius 2 is 1.86 bits per heavy atom. The molecule has 1 N–H and O–H groups in total. The van der Waals surface area contributed by atoms with Crippen LogP contribution in [0.1, 0.15) is 5.69 Å². The minimum absolute atomic E-state index is 0.0704. The van der Waals surface area contributed by atoms with Crippen molar-refractivity contribution in [2.24, 2.45) is 0 Å². The highest BCUT2D eigenvalue weighted by Gasteiger charge is 2.23. The maximum atomic E-state index is 13.9. The monoisotopic (exact) mass is 475 g/mol. The zero-order chi connectivity index (χ0) is 20.8. The quantitative estimate of drug-likeness (QED) is 0.485. The number of halogens is 2. The number of pyridine rings is 1. The smallest absolute Gasteiger partial charge is 0.264 e. The van der Waals surface area contributed by atoms with Crippen LogP contribution in [0.4, 0.5) is 4.39 Å². The van der Waals surface area contributed by atoms with E-state index in [1.54, 1.807) is 4.57 Å². The largest absolute Gasteiger partial charge is 0.334 e. The summed E-state index contributed by atoms with van der Waals surface area (Å²) >= 11 is 3.51. The first-order valence-electron chi connectivity index (χ1n) is 8.62. The predicted molar refractivity (Wildman–Crippen MR) is 111 cm³/mol. The topological polar surface area (TPSA) is 81.1 Å². The molecule has 0 aliphatic carbocycles.